The molecular weight excluding hydrogens is 380 g/mol. The van der Waals surface area contributed by atoms with Crippen molar-refractivity contribution in [2.24, 2.45) is 0 Å². The van der Waals surface area contributed by atoms with Crippen LogP contribution < -0.4 is 10.6 Å². The molecule has 1 aromatic carbocycles. The lowest BCUT2D eigenvalue weighted by molar-refractivity contribution is -0.115. The van der Waals surface area contributed by atoms with Gasteiger partial charge in [-0.05, 0) is 37.6 Å². The van der Waals surface area contributed by atoms with Crippen LogP contribution in [-0.4, -0.2) is 19.0 Å². The number of amides is 1. The fraction of sp³-hybridized carbons (Fsp3) is 0.720. The minimum atomic E-state index is -0.0132. The number of carbonyl (C=O) groups is 1. The molecule has 1 rings (SSSR count). The number of carbonyl (C=O) groups excluding carboxylic acids is 1. The molecule has 29 heavy (non-hydrogen) atoms. The Kier molecular flexibility index (Phi) is 15.9. The number of nitrogens with one attached hydrogen (secondary N) is 2. The Bertz CT molecular complexity index is 548. The first-order chi connectivity index (χ1) is 14.1. The number of hydrogen-bond acceptors (Lipinski definition) is 2. The second-order valence-corrected chi connectivity index (χ2v) is 8.64. The van der Waals surface area contributed by atoms with E-state index in [2.05, 4.69) is 17.6 Å². The predicted octanol–water partition coefficient (Wildman–Crippen LogP) is 7.66. The zero-order valence-corrected chi connectivity index (χ0v) is 19.6. The van der Waals surface area contributed by atoms with Gasteiger partial charge in [0, 0.05) is 10.7 Å². The van der Waals surface area contributed by atoms with Crippen molar-refractivity contribution in [1.29, 1.82) is 0 Å². The van der Waals surface area contributed by atoms with Gasteiger partial charge < -0.3 is 10.6 Å². The molecule has 4 heteroatoms. The van der Waals surface area contributed by atoms with Gasteiger partial charge in [0.05, 0.1) is 6.54 Å². The van der Waals surface area contributed by atoms with E-state index in [-0.39, 0.29) is 5.91 Å². The van der Waals surface area contributed by atoms with Crippen molar-refractivity contribution in [3.63, 3.8) is 0 Å². The summed E-state index contributed by atoms with van der Waals surface area (Å²) in [5, 5.41) is 6.83. The Morgan fingerprint density at radius 1 is 0.828 bits per heavy atom. The summed E-state index contributed by atoms with van der Waals surface area (Å²) in [4.78, 5) is 12.0. The molecule has 1 aromatic rings. The summed E-state index contributed by atoms with van der Waals surface area (Å²) in [5.41, 5.74) is 1.70. The topological polar surface area (TPSA) is 41.1 Å². The van der Waals surface area contributed by atoms with Crippen LogP contribution in [0.4, 0.5) is 5.69 Å². The normalized spacial score (nSPS) is 11.0. The summed E-state index contributed by atoms with van der Waals surface area (Å²) >= 11 is 6.08. The molecule has 2 N–H and O–H groups in total. The molecule has 0 saturated carbocycles. The summed E-state index contributed by atoms with van der Waals surface area (Å²) < 4.78 is 0. The standard InChI is InChI=1S/C25H43ClN2O/c1-3-4-5-6-7-8-9-10-11-12-13-14-15-16-20-27-21-25(29)28-24-19-17-18-23(26)22(24)2/h17-19,27H,3-16,20-21H2,1-2H3,(H,28,29). The fourth-order valence-electron chi connectivity index (χ4n) is 3.58. The highest BCUT2D eigenvalue weighted by Gasteiger charge is 2.06. The molecule has 0 atom stereocenters. The van der Waals surface area contributed by atoms with E-state index in [1.807, 2.05) is 25.1 Å². The maximum absolute atomic E-state index is 12.0. The van der Waals surface area contributed by atoms with Crippen molar-refractivity contribution in [2.75, 3.05) is 18.4 Å². The molecule has 0 aliphatic heterocycles. The summed E-state index contributed by atoms with van der Waals surface area (Å²) in [7, 11) is 0. The molecule has 3 nitrogen and oxygen atoms in total. The van der Waals surface area contributed by atoms with Gasteiger partial charge in [-0.1, -0.05) is 108 Å². The smallest absolute Gasteiger partial charge is 0.238 e. The van der Waals surface area contributed by atoms with Crippen molar-refractivity contribution >= 4 is 23.2 Å². The first-order valence-corrected chi connectivity index (χ1v) is 12.3. The molecule has 1 amide bonds. The van der Waals surface area contributed by atoms with E-state index < -0.39 is 0 Å². The van der Waals surface area contributed by atoms with Gasteiger partial charge in [-0.3, -0.25) is 4.79 Å². The van der Waals surface area contributed by atoms with Crippen molar-refractivity contribution in [3.8, 4) is 0 Å². The third-order valence-corrected chi connectivity index (χ3v) is 5.94. The molecule has 0 spiro atoms. The number of anilines is 1. The van der Waals surface area contributed by atoms with Gasteiger partial charge in [0.25, 0.3) is 0 Å². The maximum atomic E-state index is 12.0. The van der Waals surface area contributed by atoms with Crippen LogP contribution in [0.15, 0.2) is 18.2 Å². The van der Waals surface area contributed by atoms with Crippen LogP contribution in [0.1, 0.15) is 102 Å². The molecule has 0 bridgehead atoms. The molecular formula is C25H43ClN2O. The van der Waals surface area contributed by atoms with Gasteiger partial charge in [-0.15, -0.1) is 0 Å². The molecule has 0 radical (unpaired) electrons. The Balaban J connectivity index is 1.85. The van der Waals surface area contributed by atoms with E-state index in [1.165, 1.54) is 83.5 Å². The monoisotopic (exact) mass is 422 g/mol. The molecule has 0 saturated heterocycles. The number of halogens is 1. The average Bonchev–Trinajstić information content (AvgIpc) is 2.71. The van der Waals surface area contributed by atoms with Crippen LogP contribution in [0.2, 0.25) is 5.02 Å². The van der Waals surface area contributed by atoms with E-state index in [9.17, 15) is 4.79 Å². The largest absolute Gasteiger partial charge is 0.325 e. The molecule has 0 aliphatic rings. The predicted molar refractivity (Wildman–Crippen MR) is 128 cm³/mol. The number of benzene rings is 1. The van der Waals surface area contributed by atoms with Crippen molar-refractivity contribution < 1.29 is 4.79 Å². The van der Waals surface area contributed by atoms with Crippen LogP contribution in [0.3, 0.4) is 0 Å². The Hall–Kier alpha value is -1.06. The summed E-state index contributed by atoms with van der Waals surface area (Å²) in [5.74, 6) is -0.0132. The Labute approximate surface area is 184 Å². The first kappa shape index (κ1) is 26.0. The zero-order chi connectivity index (χ0) is 21.2. The van der Waals surface area contributed by atoms with E-state index in [0.717, 1.165) is 24.2 Å². The van der Waals surface area contributed by atoms with Crippen LogP contribution in [0.5, 0.6) is 0 Å². The van der Waals surface area contributed by atoms with Gasteiger partial charge in [-0.2, -0.15) is 0 Å². The molecule has 0 aliphatic carbocycles. The van der Waals surface area contributed by atoms with Crippen LogP contribution in [0, 0.1) is 6.92 Å². The van der Waals surface area contributed by atoms with Crippen LogP contribution in [-0.2, 0) is 4.79 Å². The van der Waals surface area contributed by atoms with Gasteiger partial charge in [0.2, 0.25) is 5.91 Å². The van der Waals surface area contributed by atoms with E-state index >= 15 is 0 Å². The number of hydrogen-bond donors (Lipinski definition) is 2. The number of rotatable bonds is 18. The highest BCUT2D eigenvalue weighted by molar-refractivity contribution is 6.31. The minimum absolute atomic E-state index is 0.0132. The minimum Gasteiger partial charge on any atom is -0.325 e. The van der Waals surface area contributed by atoms with E-state index in [0.29, 0.717) is 11.6 Å². The second-order valence-electron chi connectivity index (χ2n) is 8.23. The average molecular weight is 423 g/mol. The van der Waals surface area contributed by atoms with Gasteiger partial charge >= 0.3 is 0 Å². The summed E-state index contributed by atoms with van der Waals surface area (Å²) in [6, 6.07) is 5.57. The number of unbranched alkanes of at least 4 members (excludes halogenated alkanes) is 13. The van der Waals surface area contributed by atoms with Crippen LogP contribution in [0.25, 0.3) is 0 Å². The molecule has 0 heterocycles. The lowest BCUT2D eigenvalue weighted by atomic mass is 10.0. The first-order valence-electron chi connectivity index (χ1n) is 11.9. The van der Waals surface area contributed by atoms with Crippen molar-refractivity contribution in [3.05, 3.63) is 28.8 Å². The SMILES string of the molecule is CCCCCCCCCCCCCCCCNCC(=O)Nc1cccc(Cl)c1C. The quantitative estimate of drug-likeness (QED) is 0.238. The Morgan fingerprint density at radius 3 is 1.90 bits per heavy atom. The second kappa shape index (κ2) is 17.8. The van der Waals surface area contributed by atoms with Gasteiger partial charge in [0.15, 0.2) is 0 Å². The van der Waals surface area contributed by atoms with Crippen LogP contribution >= 0.6 is 11.6 Å². The molecule has 0 fully saturated rings. The van der Waals surface area contributed by atoms with Crippen molar-refractivity contribution in [1.82, 2.24) is 5.32 Å². The van der Waals surface area contributed by atoms with E-state index in [4.69, 9.17) is 11.6 Å². The maximum Gasteiger partial charge on any atom is 0.238 e. The lowest BCUT2D eigenvalue weighted by Crippen LogP contribution is -2.29. The molecule has 0 unspecified atom stereocenters. The highest BCUT2D eigenvalue weighted by Crippen LogP contribution is 2.22. The van der Waals surface area contributed by atoms with Gasteiger partial charge in [-0.25, -0.2) is 0 Å². The zero-order valence-electron chi connectivity index (χ0n) is 18.8. The lowest BCUT2D eigenvalue weighted by Gasteiger charge is -2.10. The highest BCUT2D eigenvalue weighted by atomic mass is 35.5. The van der Waals surface area contributed by atoms with Gasteiger partial charge in [0.1, 0.15) is 0 Å². The third-order valence-electron chi connectivity index (χ3n) is 5.53. The fourth-order valence-corrected chi connectivity index (χ4v) is 3.76. The third kappa shape index (κ3) is 13.7. The Morgan fingerprint density at radius 2 is 1.34 bits per heavy atom. The molecule has 0 aromatic heterocycles. The van der Waals surface area contributed by atoms with Crippen molar-refractivity contribution in [2.45, 2.75) is 104 Å². The molecule has 166 valence electrons. The van der Waals surface area contributed by atoms with E-state index in [1.54, 1.807) is 0 Å². The summed E-state index contributed by atoms with van der Waals surface area (Å²) in [6.45, 7) is 5.45. The summed E-state index contributed by atoms with van der Waals surface area (Å²) in [6.07, 6.45) is 19.1.